The van der Waals surface area contributed by atoms with Gasteiger partial charge in [0, 0.05) is 37.4 Å². The molecule has 0 radical (unpaired) electrons. The molecule has 0 bridgehead atoms. The highest BCUT2D eigenvalue weighted by molar-refractivity contribution is 5.20. The van der Waals surface area contributed by atoms with Crippen LogP contribution in [0.2, 0.25) is 0 Å². The van der Waals surface area contributed by atoms with Crippen LogP contribution in [0.5, 0.6) is 0 Å². The molecule has 1 fully saturated rings. The molecule has 1 N–H and O–H groups in total. The monoisotopic (exact) mass is 261 g/mol. The molecule has 104 valence electrons. The van der Waals surface area contributed by atoms with E-state index in [-0.39, 0.29) is 11.6 Å². The van der Waals surface area contributed by atoms with Crippen molar-refractivity contribution in [1.29, 1.82) is 5.26 Å². The summed E-state index contributed by atoms with van der Waals surface area (Å²) in [6, 6.07) is 2.17. The molecule has 0 amide bonds. The highest BCUT2D eigenvalue weighted by atomic mass is 15.3. The Morgan fingerprint density at radius 2 is 1.95 bits per heavy atom. The second kappa shape index (κ2) is 5.32. The van der Waals surface area contributed by atoms with E-state index in [1.807, 2.05) is 6.92 Å². The van der Waals surface area contributed by atoms with Gasteiger partial charge in [-0.2, -0.15) is 5.26 Å². The fourth-order valence-corrected chi connectivity index (χ4v) is 2.61. The Morgan fingerprint density at radius 3 is 2.37 bits per heavy atom. The standard InChI is InChI=1S/C14H23N5/c1-11-13(17-10-16-11)12(9-15)18-5-7-19(8-6-18)14(2,3)4/h10,12H,5-8H2,1-4H3,(H,16,17). The van der Waals surface area contributed by atoms with Crippen LogP contribution >= 0.6 is 0 Å². The van der Waals surface area contributed by atoms with Gasteiger partial charge in [-0.05, 0) is 27.7 Å². The number of hydrogen-bond acceptors (Lipinski definition) is 4. The minimum atomic E-state index is -0.228. The van der Waals surface area contributed by atoms with Gasteiger partial charge in [0.05, 0.1) is 18.1 Å². The van der Waals surface area contributed by atoms with Crippen LogP contribution in [0.3, 0.4) is 0 Å². The lowest BCUT2D eigenvalue weighted by Crippen LogP contribution is -2.53. The Balaban J connectivity index is 2.05. The van der Waals surface area contributed by atoms with E-state index >= 15 is 0 Å². The molecular weight excluding hydrogens is 238 g/mol. The lowest BCUT2D eigenvalue weighted by molar-refractivity contribution is 0.0512. The molecule has 1 aliphatic rings. The average Bonchev–Trinajstić information content (AvgIpc) is 2.76. The number of aromatic amines is 1. The molecule has 1 saturated heterocycles. The average molecular weight is 261 g/mol. The van der Waals surface area contributed by atoms with E-state index in [0.717, 1.165) is 37.6 Å². The highest BCUT2D eigenvalue weighted by Gasteiger charge is 2.30. The van der Waals surface area contributed by atoms with Gasteiger partial charge in [0.2, 0.25) is 0 Å². The number of aryl methyl sites for hydroxylation is 1. The number of imidazole rings is 1. The smallest absolute Gasteiger partial charge is 0.142 e. The normalized spacial score (nSPS) is 20.2. The third-order valence-electron chi connectivity index (χ3n) is 3.88. The molecule has 1 atom stereocenters. The van der Waals surface area contributed by atoms with E-state index in [1.54, 1.807) is 6.33 Å². The number of nitrogens with zero attached hydrogens (tertiary/aromatic N) is 4. The van der Waals surface area contributed by atoms with Crippen molar-refractivity contribution in [2.75, 3.05) is 26.2 Å². The minimum absolute atomic E-state index is 0.205. The molecule has 0 saturated carbocycles. The first-order valence-electron chi connectivity index (χ1n) is 6.82. The number of hydrogen-bond donors (Lipinski definition) is 1. The van der Waals surface area contributed by atoms with E-state index in [4.69, 9.17) is 0 Å². The topological polar surface area (TPSA) is 59.0 Å². The van der Waals surface area contributed by atoms with Gasteiger partial charge in [-0.15, -0.1) is 0 Å². The maximum atomic E-state index is 9.44. The van der Waals surface area contributed by atoms with Crippen molar-refractivity contribution in [2.45, 2.75) is 39.3 Å². The van der Waals surface area contributed by atoms with Crippen LogP contribution in [-0.4, -0.2) is 51.5 Å². The largest absolute Gasteiger partial charge is 0.348 e. The molecule has 2 rings (SSSR count). The molecule has 1 aromatic rings. The van der Waals surface area contributed by atoms with Crippen molar-refractivity contribution in [3.8, 4) is 6.07 Å². The summed E-state index contributed by atoms with van der Waals surface area (Å²) in [5, 5.41) is 9.44. The summed E-state index contributed by atoms with van der Waals surface area (Å²) in [7, 11) is 0. The Bertz CT molecular complexity index is 457. The number of nitriles is 1. The first kappa shape index (κ1) is 14.0. The predicted molar refractivity (Wildman–Crippen MR) is 74.6 cm³/mol. The van der Waals surface area contributed by atoms with Crippen molar-refractivity contribution < 1.29 is 0 Å². The van der Waals surface area contributed by atoms with Gasteiger partial charge in [0.25, 0.3) is 0 Å². The van der Waals surface area contributed by atoms with E-state index in [9.17, 15) is 5.26 Å². The van der Waals surface area contributed by atoms with Crippen LogP contribution in [0.15, 0.2) is 6.33 Å². The Labute approximate surface area is 115 Å². The maximum absolute atomic E-state index is 9.44. The Kier molecular flexibility index (Phi) is 3.93. The lowest BCUT2D eigenvalue weighted by atomic mass is 10.0. The van der Waals surface area contributed by atoms with Crippen molar-refractivity contribution in [1.82, 2.24) is 19.8 Å². The molecule has 0 spiro atoms. The summed E-state index contributed by atoms with van der Waals surface area (Å²) < 4.78 is 0. The summed E-state index contributed by atoms with van der Waals surface area (Å²) >= 11 is 0. The van der Waals surface area contributed by atoms with Crippen molar-refractivity contribution >= 4 is 0 Å². The summed E-state index contributed by atoms with van der Waals surface area (Å²) in [5.41, 5.74) is 2.06. The Hall–Kier alpha value is -1.38. The zero-order chi connectivity index (χ0) is 14.0. The zero-order valence-electron chi connectivity index (χ0n) is 12.3. The molecule has 5 heteroatoms. The van der Waals surface area contributed by atoms with Gasteiger partial charge in [0.1, 0.15) is 6.04 Å². The molecule has 19 heavy (non-hydrogen) atoms. The molecule has 1 aliphatic heterocycles. The minimum Gasteiger partial charge on any atom is -0.348 e. The van der Waals surface area contributed by atoms with Crippen LogP contribution in [0.25, 0.3) is 0 Å². The summed E-state index contributed by atoms with van der Waals surface area (Å²) in [6.45, 7) is 12.5. The number of rotatable bonds is 2. The fraction of sp³-hybridized carbons (Fsp3) is 0.714. The van der Waals surface area contributed by atoms with Gasteiger partial charge in [-0.3, -0.25) is 9.80 Å². The SMILES string of the molecule is Cc1[nH]cnc1C(C#N)N1CCN(C(C)(C)C)CC1. The first-order valence-corrected chi connectivity index (χ1v) is 6.82. The zero-order valence-corrected chi connectivity index (χ0v) is 12.3. The number of H-pyrrole nitrogens is 1. The summed E-state index contributed by atoms with van der Waals surface area (Å²) in [5.74, 6) is 0. The van der Waals surface area contributed by atoms with E-state index in [1.165, 1.54) is 0 Å². The molecule has 0 aromatic carbocycles. The van der Waals surface area contributed by atoms with E-state index in [2.05, 4.69) is 46.6 Å². The van der Waals surface area contributed by atoms with Crippen LogP contribution in [0.1, 0.15) is 38.2 Å². The molecule has 5 nitrogen and oxygen atoms in total. The predicted octanol–water partition coefficient (Wildman–Crippen LogP) is 1.70. The first-order chi connectivity index (χ1) is 8.93. The van der Waals surface area contributed by atoms with Crippen molar-refractivity contribution in [3.63, 3.8) is 0 Å². The number of aromatic nitrogens is 2. The van der Waals surface area contributed by atoms with Gasteiger partial charge in [0.15, 0.2) is 0 Å². The van der Waals surface area contributed by atoms with E-state index < -0.39 is 0 Å². The van der Waals surface area contributed by atoms with Gasteiger partial charge in [-0.1, -0.05) is 0 Å². The molecule has 2 heterocycles. The van der Waals surface area contributed by atoms with Crippen LogP contribution in [-0.2, 0) is 0 Å². The van der Waals surface area contributed by atoms with E-state index in [0.29, 0.717) is 0 Å². The summed E-state index contributed by atoms with van der Waals surface area (Å²) in [6.07, 6.45) is 1.67. The van der Waals surface area contributed by atoms with Gasteiger partial charge < -0.3 is 4.98 Å². The molecular formula is C14H23N5. The maximum Gasteiger partial charge on any atom is 0.142 e. The van der Waals surface area contributed by atoms with Crippen LogP contribution in [0.4, 0.5) is 0 Å². The second-order valence-corrected chi connectivity index (χ2v) is 6.14. The molecule has 1 aromatic heterocycles. The van der Waals surface area contributed by atoms with Gasteiger partial charge in [-0.25, -0.2) is 4.98 Å². The number of nitrogens with one attached hydrogen (secondary N) is 1. The van der Waals surface area contributed by atoms with Gasteiger partial charge >= 0.3 is 0 Å². The second-order valence-electron chi connectivity index (χ2n) is 6.14. The Morgan fingerprint density at radius 1 is 1.32 bits per heavy atom. The van der Waals surface area contributed by atoms with Crippen LogP contribution < -0.4 is 0 Å². The quantitative estimate of drug-likeness (QED) is 0.880. The number of piperazine rings is 1. The molecule has 1 unspecified atom stereocenters. The third-order valence-corrected chi connectivity index (χ3v) is 3.88. The molecule has 0 aliphatic carbocycles. The van der Waals surface area contributed by atoms with Crippen LogP contribution in [0, 0.1) is 18.3 Å². The lowest BCUT2D eigenvalue weighted by Gasteiger charge is -2.43. The van der Waals surface area contributed by atoms with Crippen molar-refractivity contribution in [3.05, 3.63) is 17.7 Å². The summed E-state index contributed by atoms with van der Waals surface area (Å²) in [4.78, 5) is 12.0. The third kappa shape index (κ3) is 2.96. The van der Waals surface area contributed by atoms with Crippen molar-refractivity contribution in [2.24, 2.45) is 0 Å². The fourth-order valence-electron chi connectivity index (χ4n) is 2.61. The highest BCUT2D eigenvalue weighted by Crippen LogP contribution is 2.24.